The second-order valence-electron chi connectivity index (χ2n) is 3.37. The van der Waals surface area contributed by atoms with Crippen LogP contribution < -0.4 is 0 Å². The summed E-state index contributed by atoms with van der Waals surface area (Å²) < 4.78 is 15.3. The molecular formula is C8H11N4O4P. The van der Waals surface area contributed by atoms with Gasteiger partial charge < -0.3 is 19.5 Å². The van der Waals surface area contributed by atoms with Gasteiger partial charge in [0.1, 0.15) is 17.7 Å². The third kappa shape index (κ3) is 3.57. The van der Waals surface area contributed by atoms with Crippen molar-refractivity contribution < 1.29 is 19.1 Å². The molecule has 8 nitrogen and oxygen atoms in total. The first kappa shape index (κ1) is 12.1. The summed E-state index contributed by atoms with van der Waals surface area (Å²) in [7, 11) is -4.10. The van der Waals surface area contributed by atoms with E-state index in [1.165, 1.54) is 6.33 Å². The highest BCUT2D eigenvalue weighted by molar-refractivity contribution is 7.51. The van der Waals surface area contributed by atoms with Gasteiger partial charge in [0, 0.05) is 6.42 Å². The fourth-order valence-electron chi connectivity index (χ4n) is 1.24. The minimum Gasteiger partial charge on any atom is -0.368 e. The molecule has 9 heteroatoms. The first-order valence-electron chi connectivity index (χ1n) is 4.82. The maximum absolute atomic E-state index is 10.5. The minimum absolute atomic E-state index is 0.157. The van der Waals surface area contributed by atoms with Gasteiger partial charge in [-0.05, 0) is 0 Å². The lowest BCUT2D eigenvalue weighted by Gasteiger charge is -2.04. The van der Waals surface area contributed by atoms with Crippen LogP contribution in [-0.4, -0.2) is 42.7 Å². The number of hydrogen-bond acceptors (Lipinski definition) is 5. The van der Waals surface area contributed by atoms with Crippen molar-refractivity contribution in [3.8, 4) is 0 Å². The Bertz CT molecular complexity index is 551. The average molecular weight is 258 g/mol. The Labute approximate surface area is 96.2 Å². The molecule has 0 radical (unpaired) electrons. The fourth-order valence-corrected chi connectivity index (χ4v) is 1.61. The molecule has 17 heavy (non-hydrogen) atoms. The van der Waals surface area contributed by atoms with E-state index >= 15 is 0 Å². The third-order valence-corrected chi connectivity index (χ3v) is 2.47. The molecule has 0 bridgehead atoms. The van der Waals surface area contributed by atoms with Gasteiger partial charge in [-0.25, -0.2) is 15.0 Å². The lowest BCUT2D eigenvalue weighted by atomic mass is 10.4. The van der Waals surface area contributed by atoms with Crippen molar-refractivity contribution in [3.63, 3.8) is 0 Å². The molecule has 0 unspecified atom stereocenters. The van der Waals surface area contributed by atoms with Crippen LogP contribution in [0.5, 0.6) is 0 Å². The zero-order chi connectivity index (χ0) is 12.3. The molecule has 0 aliphatic carbocycles. The number of ether oxygens (including phenoxy) is 1. The summed E-state index contributed by atoms with van der Waals surface area (Å²) >= 11 is 0. The van der Waals surface area contributed by atoms with Crippen molar-refractivity contribution in [1.82, 2.24) is 19.9 Å². The minimum atomic E-state index is -4.10. The van der Waals surface area contributed by atoms with E-state index in [9.17, 15) is 4.57 Å². The Morgan fingerprint density at radius 1 is 1.41 bits per heavy atom. The largest absolute Gasteiger partial charge is 0.368 e. The molecule has 0 saturated carbocycles. The molecule has 2 rings (SSSR count). The number of imidazole rings is 1. The maximum Gasteiger partial charge on any atom is 0.350 e. The van der Waals surface area contributed by atoms with Crippen molar-refractivity contribution in [2.24, 2.45) is 0 Å². The predicted octanol–water partition coefficient (Wildman–Crippen LogP) is 0.0472. The summed E-state index contributed by atoms with van der Waals surface area (Å²) in [4.78, 5) is 32.2. The van der Waals surface area contributed by atoms with Crippen LogP contribution >= 0.6 is 7.60 Å². The first-order valence-corrected chi connectivity index (χ1v) is 6.62. The van der Waals surface area contributed by atoms with Gasteiger partial charge in [0.25, 0.3) is 0 Å². The topological polar surface area (TPSA) is 121 Å². The molecule has 2 aromatic heterocycles. The van der Waals surface area contributed by atoms with E-state index in [1.54, 1.807) is 6.20 Å². The van der Waals surface area contributed by atoms with Crippen LogP contribution in [-0.2, 0) is 15.7 Å². The Balaban J connectivity index is 1.88. The standard InChI is InChI=1S/C8H11N4O4P/c13-17(14,15)5-16-2-1-7-9-3-6-8(12-7)11-4-10-6/h3-4H,1-2,5H2,(H2,13,14,15)(H,9,10,11,12). The maximum atomic E-state index is 10.5. The molecule has 2 aromatic rings. The summed E-state index contributed by atoms with van der Waals surface area (Å²) in [6, 6.07) is 0. The zero-order valence-corrected chi connectivity index (χ0v) is 9.67. The van der Waals surface area contributed by atoms with Gasteiger partial charge >= 0.3 is 7.60 Å². The van der Waals surface area contributed by atoms with Crippen LogP contribution in [0.2, 0.25) is 0 Å². The summed E-state index contributed by atoms with van der Waals surface area (Å²) in [5, 5.41) is 0. The fraction of sp³-hybridized carbons (Fsp3) is 0.375. The van der Waals surface area contributed by atoms with Crippen LogP contribution in [0.25, 0.3) is 11.2 Å². The van der Waals surface area contributed by atoms with Crippen molar-refractivity contribution in [2.75, 3.05) is 13.0 Å². The van der Waals surface area contributed by atoms with E-state index in [4.69, 9.17) is 14.5 Å². The highest BCUT2D eigenvalue weighted by Crippen LogP contribution is 2.33. The van der Waals surface area contributed by atoms with Gasteiger partial charge in [-0.3, -0.25) is 4.57 Å². The Kier molecular flexibility index (Phi) is 3.49. The number of nitrogens with one attached hydrogen (secondary N) is 1. The Hall–Kier alpha value is -1.34. The van der Waals surface area contributed by atoms with E-state index in [0.29, 0.717) is 23.4 Å². The second kappa shape index (κ2) is 4.89. The van der Waals surface area contributed by atoms with Crippen molar-refractivity contribution >= 4 is 18.8 Å². The average Bonchev–Trinajstić information content (AvgIpc) is 2.70. The molecule has 0 saturated heterocycles. The molecule has 0 fully saturated rings. The van der Waals surface area contributed by atoms with E-state index < -0.39 is 13.9 Å². The molecule has 2 heterocycles. The molecule has 0 aliphatic rings. The SMILES string of the molecule is O=P(O)(O)COCCc1ncc2nc[nH]c2n1. The molecule has 92 valence electrons. The number of aromatic nitrogens is 4. The van der Waals surface area contributed by atoms with Crippen LogP contribution in [0.1, 0.15) is 5.82 Å². The van der Waals surface area contributed by atoms with Crippen molar-refractivity contribution in [3.05, 3.63) is 18.3 Å². The molecule has 0 atom stereocenters. The number of aromatic amines is 1. The zero-order valence-electron chi connectivity index (χ0n) is 8.78. The highest BCUT2D eigenvalue weighted by atomic mass is 31.2. The normalized spacial score (nSPS) is 12.1. The van der Waals surface area contributed by atoms with Gasteiger partial charge in [-0.15, -0.1) is 0 Å². The number of fused-ring (bicyclic) bond motifs is 1. The molecule has 0 aromatic carbocycles. The van der Waals surface area contributed by atoms with E-state index in [-0.39, 0.29) is 6.61 Å². The summed E-state index contributed by atoms with van der Waals surface area (Å²) in [6.45, 7) is 0.157. The quantitative estimate of drug-likeness (QED) is 0.511. The van der Waals surface area contributed by atoms with E-state index in [0.717, 1.165) is 0 Å². The van der Waals surface area contributed by atoms with Crippen molar-refractivity contribution in [2.45, 2.75) is 6.42 Å². The van der Waals surface area contributed by atoms with E-state index in [2.05, 4.69) is 19.9 Å². The first-order chi connectivity index (χ1) is 8.04. The van der Waals surface area contributed by atoms with Gasteiger partial charge in [0.05, 0.1) is 19.1 Å². The summed E-state index contributed by atoms with van der Waals surface area (Å²) in [6.07, 6.45) is 2.90. The molecule has 3 N–H and O–H groups in total. The van der Waals surface area contributed by atoms with Gasteiger partial charge in [-0.2, -0.15) is 0 Å². The summed E-state index contributed by atoms with van der Waals surface area (Å²) in [5.41, 5.74) is 1.30. The lowest BCUT2D eigenvalue weighted by Crippen LogP contribution is -2.04. The molecule has 0 amide bonds. The monoisotopic (exact) mass is 258 g/mol. The van der Waals surface area contributed by atoms with Gasteiger partial charge in [0.15, 0.2) is 5.65 Å². The molecular weight excluding hydrogens is 247 g/mol. The second-order valence-corrected chi connectivity index (χ2v) is 4.96. The van der Waals surface area contributed by atoms with Gasteiger partial charge in [0.2, 0.25) is 0 Å². The van der Waals surface area contributed by atoms with Crippen LogP contribution in [0.3, 0.4) is 0 Å². The number of hydrogen-bond donors (Lipinski definition) is 3. The third-order valence-electron chi connectivity index (χ3n) is 1.95. The Morgan fingerprint density at radius 3 is 3.00 bits per heavy atom. The van der Waals surface area contributed by atoms with Gasteiger partial charge in [-0.1, -0.05) is 0 Å². The lowest BCUT2D eigenvalue weighted by molar-refractivity contribution is 0.159. The molecule has 0 aliphatic heterocycles. The smallest absolute Gasteiger partial charge is 0.350 e. The summed E-state index contributed by atoms with van der Waals surface area (Å²) in [5.74, 6) is 0.535. The molecule has 0 spiro atoms. The van der Waals surface area contributed by atoms with Crippen LogP contribution in [0, 0.1) is 0 Å². The highest BCUT2D eigenvalue weighted by Gasteiger charge is 2.12. The number of rotatable bonds is 5. The number of H-pyrrole nitrogens is 1. The number of nitrogens with zero attached hydrogens (tertiary/aromatic N) is 3. The van der Waals surface area contributed by atoms with Crippen molar-refractivity contribution in [1.29, 1.82) is 0 Å². The Morgan fingerprint density at radius 2 is 2.24 bits per heavy atom. The van der Waals surface area contributed by atoms with Crippen LogP contribution in [0.15, 0.2) is 12.5 Å². The predicted molar refractivity (Wildman–Crippen MR) is 58.3 cm³/mol. The van der Waals surface area contributed by atoms with Crippen LogP contribution in [0.4, 0.5) is 0 Å². The van der Waals surface area contributed by atoms with E-state index in [1.807, 2.05) is 0 Å².